The largest absolute Gasteiger partial charge is 0.393 e. The van der Waals surface area contributed by atoms with Gasteiger partial charge in [-0.05, 0) is 80.5 Å². The van der Waals surface area contributed by atoms with Gasteiger partial charge in [-0.2, -0.15) is 0 Å². The second-order valence-electron chi connectivity index (χ2n) is 9.16. The number of hydrogen-bond donors (Lipinski definition) is 2. The summed E-state index contributed by atoms with van der Waals surface area (Å²) in [4.78, 5) is 12.5. The molecule has 0 amide bonds. The van der Waals surface area contributed by atoms with Gasteiger partial charge in [-0.15, -0.1) is 0 Å². The molecule has 0 aliphatic heterocycles. The summed E-state index contributed by atoms with van der Waals surface area (Å²) in [6.07, 6.45) is 7.43. The van der Waals surface area contributed by atoms with Crippen LogP contribution in [0, 0.1) is 34.5 Å². The summed E-state index contributed by atoms with van der Waals surface area (Å²) in [6, 6.07) is 0. The third kappa shape index (κ3) is 1.84. The van der Waals surface area contributed by atoms with Crippen molar-refractivity contribution >= 4 is 5.78 Å². The van der Waals surface area contributed by atoms with Crippen molar-refractivity contribution in [3.63, 3.8) is 0 Å². The Morgan fingerprint density at radius 3 is 2.50 bits per heavy atom. The Balaban J connectivity index is 1.64. The van der Waals surface area contributed by atoms with Crippen molar-refractivity contribution in [3.05, 3.63) is 0 Å². The van der Waals surface area contributed by atoms with Crippen LogP contribution in [0.3, 0.4) is 0 Å². The van der Waals surface area contributed by atoms with Crippen LogP contribution in [-0.4, -0.2) is 28.2 Å². The first kappa shape index (κ1) is 15.1. The average Bonchev–Trinajstić information content (AvgIpc) is 2.72. The third-order valence-electron chi connectivity index (χ3n) is 8.37. The minimum Gasteiger partial charge on any atom is -0.393 e. The summed E-state index contributed by atoms with van der Waals surface area (Å²) in [6.45, 7) is 4.57. The van der Waals surface area contributed by atoms with Crippen LogP contribution in [0.2, 0.25) is 0 Å². The van der Waals surface area contributed by atoms with Gasteiger partial charge in [-0.3, -0.25) is 4.79 Å². The monoisotopic (exact) mass is 306 g/mol. The Morgan fingerprint density at radius 1 is 0.955 bits per heavy atom. The zero-order chi connectivity index (χ0) is 15.7. The van der Waals surface area contributed by atoms with Crippen molar-refractivity contribution in [2.45, 2.75) is 77.4 Å². The Morgan fingerprint density at radius 2 is 1.73 bits per heavy atom. The van der Waals surface area contributed by atoms with Crippen molar-refractivity contribution in [2.24, 2.45) is 34.5 Å². The smallest absolute Gasteiger partial charge is 0.167 e. The molecule has 0 aromatic heterocycles. The normalized spacial score (nSPS) is 57.9. The van der Waals surface area contributed by atoms with Gasteiger partial charge in [0.25, 0.3) is 0 Å². The minimum absolute atomic E-state index is 0.0987. The maximum Gasteiger partial charge on any atom is 0.167 e. The van der Waals surface area contributed by atoms with E-state index in [1.165, 1.54) is 12.8 Å². The molecule has 124 valence electrons. The predicted molar refractivity (Wildman–Crippen MR) is 84.1 cm³/mol. The molecule has 0 aromatic carbocycles. The first-order chi connectivity index (χ1) is 10.4. The van der Waals surface area contributed by atoms with E-state index in [4.69, 9.17) is 0 Å². The molecule has 22 heavy (non-hydrogen) atoms. The van der Waals surface area contributed by atoms with E-state index in [0.717, 1.165) is 32.1 Å². The van der Waals surface area contributed by atoms with Gasteiger partial charge >= 0.3 is 0 Å². The Bertz CT molecular complexity index is 489. The van der Waals surface area contributed by atoms with E-state index in [9.17, 15) is 15.0 Å². The number of ketones is 1. The standard InChI is InChI=1S/C19H30O3/c1-18-7-5-12(20)9-11(18)3-4-13-14(18)6-8-19(2)15(13)10-16(21)17(19)22/h11-16,20-21H,3-10H2,1-2H3/t11-,12-,13+,14+,15+,16-,18-,19-/m0/s1. The highest BCUT2D eigenvalue weighted by atomic mass is 16.3. The number of aliphatic hydroxyl groups excluding tert-OH is 2. The second kappa shape index (κ2) is 4.80. The van der Waals surface area contributed by atoms with Crippen molar-refractivity contribution in [2.75, 3.05) is 0 Å². The van der Waals surface area contributed by atoms with Gasteiger partial charge in [-0.1, -0.05) is 13.8 Å². The molecule has 0 saturated heterocycles. The molecule has 4 saturated carbocycles. The molecule has 0 unspecified atom stereocenters. The minimum atomic E-state index is -0.715. The van der Waals surface area contributed by atoms with Crippen molar-refractivity contribution in [1.29, 1.82) is 0 Å². The average molecular weight is 306 g/mol. The quantitative estimate of drug-likeness (QED) is 0.723. The lowest BCUT2D eigenvalue weighted by Gasteiger charge is -2.59. The molecule has 4 rings (SSSR count). The fraction of sp³-hybridized carbons (Fsp3) is 0.947. The van der Waals surface area contributed by atoms with Gasteiger partial charge in [-0.25, -0.2) is 0 Å². The Hall–Kier alpha value is -0.410. The van der Waals surface area contributed by atoms with E-state index in [2.05, 4.69) is 13.8 Å². The highest BCUT2D eigenvalue weighted by molar-refractivity contribution is 5.91. The number of rotatable bonds is 0. The van der Waals surface area contributed by atoms with Crippen LogP contribution in [0.25, 0.3) is 0 Å². The van der Waals surface area contributed by atoms with E-state index in [-0.39, 0.29) is 17.3 Å². The lowest BCUT2D eigenvalue weighted by Crippen LogP contribution is -2.54. The van der Waals surface area contributed by atoms with Crippen molar-refractivity contribution in [3.8, 4) is 0 Å². The van der Waals surface area contributed by atoms with E-state index >= 15 is 0 Å². The maximum atomic E-state index is 12.5. The molecular formula is C19H30O3. The third-order valence-corrected chi connectivity index (χ3v) is 8.37. The maximum absolute atomic E-state index is 12.5. The van der Waals surface area contributed by atoms with E-state index < -0.39 is 6.10 Å². The summed E-state index contributed by atoms with van der Waals surface area (Å²) in [7, 11) is 0. The first-order valence-electron chi connectivity index (χ1n) is 9.26. The van der Waals surface area contributed by atoms with Gasteiger partial charge in [0, 0.05) is 5.41 Å². The summed E-state index contributed by atoms with van der Waals surface area (Å²) in [5.41, 5.74) is 0.0814. The molecule has 0 radical (unpaired) electrons. The van der Waals surface area contributed by atoms with Crippen LogP contribution in [-0.2, 0) is 4.79 Å². The number of Topliss-reactive ketones (excluding diaryl/α,β-unsaturated/α-hetero) is 1. The molecule has 3 heteroatoms. The van der Waals surface area contributed by atoms with Crippen LogP contribution >= 0.6 is 0 Å². The molecular weight excluding hydrogens is 276 g/mol. The van der Waals surface area contributed by atoms with Gasteiger partial charge in [0.05, 0.1) is 6.10 Å². The van der Waals surface area contributed by atoms with Crippen LogP contribution in [0.4, 0.5) is 0 Å². The molecule has 2 N–H and O–H groups in total. The lowest BCUT2D eigenvalue weighted by atomic mass is 9.45. The fourth-order valence-corrected chi connectivity index (χ4v) is 7.02. The summed E-state index contributed by atoms with van der Waals surface area (Å²) in [5.74, 6) is 2.45. The molecule has 0 aromatic rings. The molecule has 8 atom stereocenters. The predicted octanol–water partition coefficient (Wildman–Crippen LogP) is 2.93. The molecule has 4 fully saturated rings. The van der Waals surface area contributed by atoms with Crippen LogP contribution in [0.15, 0.2) is 0 Å². The Kier molecular flexibility index (Phi) is 3.30. The summed E-state index contributed by atoms with van der Waals surface area (Å²) >= 11 is 0. The number of fused-ring (bicyclic) bond motifs is 5. The SMILES string of the molecule is C[C@]12CC[C@H](O)C[C@@H]1CC[C@@H]1[C@H]2CC[C@]2(C)C(=O)[C@@H](O)C[C@H]12. The van der Waals surface area contributed by atoms with Crippen LogP contribution in [0.5, 0.6) is 0 Å². The molecule has 0 heterocycles. The van der Waals surface area contributed by atoms with Crippen molar-refractivity contribution in [1.82, 2.24) is 0 Å². The van der Waals surface area contributed by atoms with Gasteiger partial charge < -0.3 is 10.2 Å². The van der Waals surface area contributed by atoms with Gasteiger partial charge in [0.1, 0.15) is 6.10 Å². The second-order valence-corrected chi connectivity index (χ2v) is 9.16. The number of hydrogen-bond acceptors (Lipinski definition) is 3. The number of carbonyl (C=O) groups excluding carboxylic acids is 1. The van der Waals surface area contributed by atoms with Crippen LogP contribution in [0.1, 0.15) is 65.2 Å². The number of carbonyl (C=O) groups is 1. The highest BCUT2D eigenvalue weighted by Crippen LogP contribution is 2.65. The molecule has 0 spiro atoms. The zero-order valence-electron chi connectivity index (χ0n) is 13.9. The zero-order valence-corrected chi connectivity index (χ0v) is 13.9. The molecule has 3 nitrogen and oxygen atoms in total. The Labute approximate surface area is 133 Å². The van der Waals surface area contributed by atoms with E-state index in [1.807, 2.05) is 0 Å². The topological polar surface area (TPSA) is 57.5 Å². The van der Waals surface area contributed by atoms with E-state index in [0.29, 0.717) is 35.5 Å². The molecule has 0 bridgehead atoms. The fourth-order valence-electron chi connectivity index (χ4n) is 7.02. The molecule has 4 aliphatic rings. The van der Waals surface area contributed by atoms with E-state index in [1.54, 1.807) is 0 Å². The highest BCUT2D eigenvalue weighted by Gasteiger charge is 2.62. The molecule has 4 aliphatic carbocycles. The number of aliphatic hydroxyl groups is 2. The van der Waals surface area contributed by atoms with Gasteiger partial charge in [0.15, 0.2) is 5.78 Å². The lowest BCUT2D eigenvalue weighted by molar-refractivity contribution is -0.144. The summed E-state index contributed by atoms with van der Waals surface area (Å²) in [5, 5.41) is 20.2. The van der Waals surface area contributed by atoms with Gasteiger partial charge in [0.2, 0.25) is 0 Å². The van der Waals surface area contributed by atoms with Crippen LogP contribution < -0.4 is 0 Å². The summed E-state index contributed by atoms with van der Waals surface area (Å²) < 4.78 is 0. The first-order valence-corrected chi connectivity index (χ1v) is 9.26. The van der Waals surface area contributed by atoms with Crippen molar-refractivity contribution < 1.29 is 15.0 Å².